The molecule has 0 radical (unpaired) electrons. The molecular formula is C3H7N. The molecule has 0 rings (SSSR count). The van der Waals surface area contributed by atoms with Gasteiger partial charge in [0.15, 0.2) is 1.41 Å². The van der Waals surface area contributed by atoms with Crippen LogP contribution in [0.5, 0.6) is 0 Å². The van der Waals surface area contributed by atoms with Gasteiger partial charge in [0.2, 0.25) is 0 Å². The van der Waals surface area contributed by atoms with Gasteiger partial charge in [-0.05, 0) is 13.8 Å². The molecule has 0 spiro atoms. The molecule has 0 bridgehead atoms. The maximum absolute atomic E-state index is 6.25. The second kappa shape index (κ2) is 1.04. The van der Waals surface area contributed by atoms with Crippen LogP contribution in [-0.2, 0) is 0 Å². The Morgan fingerprint density at radius 2 is 2.25 bits per heavy atom. The molecule has 0 unspecified atom stereocenters. The largest absolute Gasteiger partial charge is 0.310 e. The Balaban J connectivity index is 3.14. The van der Waals surface area contributed by atoms with Crippen molar-refractivity contribution in [2.24, 2.45) is 0 Å². The molecule has 0 amide bonds. The normalized spacial score (nSPS) is 9.00. The summed E-state index contributed by atoms with van der Waals surface area (Å²) in [7, 11) is 0. The quantitative estimate of drug-likeness (QED) is 0.403. The first kappa shape index (κ1) is 1.94. The molecule has 1 N–H and O–H groups in total. The molecule has 0 aromatic carbocycles. The van der Waals surface area contributed by atoms with Gasteiger partial charge in [0.1, 0.15) is 0 Å². The summed E-state index contributed by atoms with van der Waals surface area (Å²) < 4.78 is 6.25. The van der Waals surface area contributed by atoms with Crippen LogP contribution in [0.2, 0.25) is 1.41 Å². The van der Waals surface area contributed by atoms with Gasteiger partial charge < -0.3 is 5.40 Å². The minimum Gasteiger partial charge on any atom is -0.310 e. The second-order valence-corrected chi connectivity index (χ2v) is 0.947. The first-order valence-corrected chi connectivity index (χ1v) is 1.22. The predicted molar refractivity (Wildman–Crippen MR) is 19.1 cm³/mol. The minimum atomic E-state index is 0.796. The van der Waals surface area contributed by atoms with Crippen molar-refractivity contribution < 1.29 is 1.41 Å². The Bertz CT molecular complexity index is 44.9. The highest BCUT2D eigenvalue weighted by atomic mass is 14.3. The first-order chi connectivity index (χ1) is 2.27. The summed E-state index contributed by atoms with van der Waals surface area (Å²) in [5.74, 6) is 0. The Kier molecular flexibility index (Phi) is 0.507. The van der Waals surface area contributed by atoms with Crippen LogP contribution in [-0.4, -0.2) is 5.71 Å². The summed E-state index contributed by atoms with van der Waals surface area (Å²) >= 11 is 0. The average Bonchev–Trinajstić information content (AvgIpc) is 1.38. The van der Waals surface area contributed by atoms with Crippen LogP contribution in [0.1, 0.15) is 13.8 Å². The molecule has 0 aromatic rings. The molecule has 0 saturated heterocycles. The van der Waals surface area contributed by atoms with E-state index in [-0.39, 0.29) is 0 Å². The SMILES string of the molecule is [3H]N=C(C)C. The van der Waals surface area contributed by atoms with E-state index in [1.54, 1.807) is 13.8 Å². The Morgan fingerprint density at radius 3 is 2.25 bits per heavy atom. The fourth-order valence-electron chi connectivity index (χ4n) is 0. The summed E-state index contributed by atoms with van der Waals surface area (Å²) in [5.41, 5.74) is 0.796. The molecule has 1 nitrogen and oxygen atoms in total. The maximum Gasteiger partial charge on any atom is 0.187 e. The van der Waals surface area contributed by atoms with Gasteiger partial charge >= 0.3 is 0 Å². The molecule has 0 saturated carbocycles. The van der Waals surface area contributed by atoms with E-state index in [0.29, 0.717) is 0 Å². The number of nitrogens with one attached hydrogen (secondary N) is 1. The van der Waals surface area contributed by atoms with E-state index in [1.165, 1.54) is 0 Å². The molecule has 0 aromatic heterocycles. The van der Waals surface area contributed by atoms with Crippen LogP contribution >= 0.6 is 0 Å². The summed E-state index contributed by atoms with van der Waals surface area (Å²) in [6.45, 7) is 3.57. The molecule has 0 heterocycles. The standard InChI is InChI=1S/C3H7N/c1-3(2)4/h4H,1-2H3/i/hT. The third-order valence-electron chi connectivity index (χ3n) is 0. The van der Waals surface area contributed by atoms with Gasteiger partial charge in [0, 0.05) is 5.71 Å². The average molecular weight is 59.1 g/mol. The lowest BCUT2D eigenvalue weighted by molar-refractivity contribution is 1.45. The fourth-order valence-corrected chi connectivity index (χ4v) is 0. The van der Waals surface area contributed by atoms with Crippen molar-refractivity contribution >= 4 is 5.71 Å². The number of rotatable bonds is 0. The minimum absolute atomic E-state index is 0.796. The predicted octanol–water partition coefficient (Wildman–Crippen LogP) is 1.05. The lowest BCUT2D eigenvalue weighted by Crippen LogP contribution is -1.67. The van der Waals surface area contributed by atoms with Crippen LogP contribution in [0.4, 0.5) is 0 Å². The Hall–Kier alpha value is -0.330. The molecule has 4 heavy (non-hydrogen) atoms. The summed E-state index contributed by atoms with van der Waals surface area (Å²) in [6.07, 6.45) is 0. The Labute approximate surface area is 27.6 Å². The monoisotopic (exact) mass is 59.1 g/mol. The molecule has 0 aliphatic rings. The van der Waals surface area contributed by atoms with Gasteiger partial charge in [-0.3, -0.25) is 0 Å². The zero-order chi connectivity index (χ0) is 4.28. The van der Waals surface area contributed by atoms with Crippen LogP contribution in [0.3, 0.4) is 0 Å². The zero-order valence-electron chi connectivity index (χ0n) is 3.95. The van der Waals surface area contributed by atoms with Crippen molar-refractivity contribution in [3.63, 3.8) is 0 Å². The summed E-state index contributed by atoms with van der Waals surface area (Å²) in [5, 5.41) is 3.06. The molecule has 1 heteroatoms. The zero-order valence-corrected chi connectivity index (χ0v) is 2.95. The summed E-state index contributed by atoms with van der Waals surface area (Å²) in [6, 6.07) is 0. The maximum atomic E-state index is 6.25. The van der Waals surface area contributed by atoms with E-state index in [1.807, 2.05) is 0 Å². The van der Waals surface area contributed by atoms with Gasteiger partial charge in [0.05, 0.1) is 0 Å². The number of hydrogen-bond acceptors (Lipinski definition) is 1. The topological polar surface area (TPSA) is 23.9 Å². The van der Waals surface area contributed by atoms with E-state index >= 15 is 0 Å². The van der Waals surface area contributed by atoms with Crippen molar-refractivity contribution in [3.8, 4) is 0 Å². The third kappa shape index (κ3) is 6.88. The highest BCUT2D eigenvalue weighted by molar-refractivity contribution is 5.75. The van der Waals surface area contributed by atoms with E-state index in [0.717, 1.165) is 5.71 Å². The smallest absolute Gasteiger partial charge is 0.187 e. The van der Waals surface area contributed by atoms with Gasteiger partial charge in [0.25, 0.3) is 0 Å². The van der Waals surface area contributed by atoms with E-state index in [2.05, 4.69) is 5.40 Å². The summed E-state index contributed by atoms with van der Waals surface area (Å²) in [4.78, 5) is 0. The van der Waals surface area contributed by atoms with Crippen molar-refractivity contribution in [1.82, 2.24) is 0 Å². The Morgan fingerprint density at radius 1 is 2.00 bits per heavy atom. The van der Waals surface area contributed by atoms with E-state index < -0.39 is 0 Å². The fraction of sp³-hybridized carbons (Fsp3) is 0.667. The molecule has 24 valence electrons. The molecule has 0 aliphatic carbocycles. The van der Waals surface area contributed by atoms with Gasteiger partial charge in [-0.1, -0.05) is 0 Å². The molecule has 0 aliphatic heterocycles. The molecule has 0 fully saturated rings. The second-order valence-electron chi connectivity index (χ2n) is 0.947. The van der Waals surface area contributed by atoms with Gasteiger partial charge in [-0.15, -0.1) is 0 Å². The van der Waals surface area contributed by atoms with Crippen LogP contribution < -0.4 is 0 Å². The van der Waals surface area contributed by atoms with Crippen LogP contribution in [0.25, 0.3) is 0 Å². The van der Waals surface area contributed by atoms with Crippen molar-refractivity contribution in [1.29, 1.82) is 5.40 Å². The number of hydrogen-bond donors (Lipinski definition) is 1. The van der Waals surface area contributed by atoms with Crippen LogP contribution in [0, 0.1) is 5.40 Å². The van der Waals surface area contributed by atoms with Gasteiger partial charge in [-0.25, -0.2) is 0 Å². The van der Waals surface area contributed by atoms with E-state index in [4.69, 9.17) is 1.41 Å². The van der Waals surface area contributed by atoms with Crippen molar-refractivity contribution in [2.45, 2.75) is 13.8 Å². The lowest BCUT2D eigenvalue weighted by atomic mass is 10.5. The lowest BCUT2D eigenvalue weighted by Gasteiger charge is -1.63. The highest BCUT2D eigenvalue weighted by Crippen LogP contribution is 1.52. The van der Waals surface area contributed by atoms with E-state index in [9.17, 15) is 0 Å². The third-order valence-corrected chi connectivity index (χ3v) is 0. The first-order valence-electron chi connectivity index (χ1n) is 1.67. The molecule has 0 atom stereocenters. The molecular weight excluding hydrogens is 50.0 g/mol. The van der Waals surface area contributed by atoms with Gasteiger partial charge in [-0.2, -0.15) is 0 Å². The highest BCUT2D eigenvalue weighted by Gasteiger charge is 1.55. The van der Waals surface area contributed by atoms with Crippen molar-refractivity contribution in [2.75, 3.05) is 0 Å². The van der Waals surface area contributed by atoms with Crippen LogP contribution in [0.15, 0.2) is 0 Å². The van der Waals surface area contributed by atoms with Crippen molar-refractivity contribution in [3.05, 3.63) is 0 Å².